The molecule has 1 N–H and O–H groups in total. The number of rotatable bonds is 2. The van der Waals surface area contributed by atoms with Gasteiger partial charge in [0, 0.05) is 12.3 Å². The Morgan fingerprint density at radius 3 is 2.71 bits per heavy atom. The minimum Gasteiger partial charge on any atom is -0.306 e. The van der Waals surface area contributed by atoms with Crippen LogP contribution in [0.3, 0.4) is 0 Å². The second kappa shape index (κ2) is 4.09. The van der Waals surface area contributed by atoms with Crippen molar-refractivity contribution in [1.29, 1.82) is 0 Å². The highest BCUT2D eigenvalue weighted by Gasteiger charge is 2.21. The van der Waals surface area contributed by atoms with E-state index < -0.39 is 0 Å². The number of nitrogens with one attached hydrogen (secondary N) is 1. The molecule has 0 aromatic carbocycles. The fourth-order valence-electron chi connectivity index (χ4n) is 1.92. The molecule has 1 saturated heterocycles. The van der Waals surface area contributed by atoms with Gasteiger partial charge in [0.05, 0.1) is 0 Å². The van der Waals surface area contributed by atoms with Crippen LogP contribution in [0.4, 0.5) is 0 Å². The number of hydrogen-bond acceptors (Lipinski definition) is 3. The molecule has 78 valence electrons. The van der Waals surface area contributed by atoms with Crippen LogP contribution in [0.1, 0.15) is 37.3 Å². The lowest BCUT2D eigenvalue weighted by atomic mass is 9.97. The average Bonchev–Trinajstić information content (AvgIpc) is 2.67. The Labute approximate surface area is 84.7 Å². The topological polar surface area (TPSA) is 44.8 Å². The number of likely N-dealkylation sites (tertiary alicyclic amines) is 1. The number of aromatic nitrogens is 3. The van der Waals surface area contributed by atoms with Gasteiger partial charge in [-0.15, -0.1) is 0 Å². The molecule has 1 fully saturated rings. The van der Waals surface area contributed by atoms with Crippen LogP contribution in [0.25, 0.3) is 0 Å². The highest BCUT2D eigenvalue weighted by atomic mass is 15.2. The zero-order valence-corrected chi connectivity index (χ0v) is 8.95. The Kier molecular flexibility index (Phi) is 2.82. The number of H-pyrrole nitrogens is 1. The van der Waals surface area contributed by atoms with Gasteiger partial charge in [0.25, 0.3) is 0 Å². The summed E-state index contributed by atoms with van der Waals surface area (Å²) >= 11 is 0. The van der Waals surface area contributed by atoms with Crippen LogP contribution in [0, 0.1) is 0 Å². The van der Waals surface area contributed by atoms with Gasteiger partial charge in [-0.25, -0.2) is 4.98 Å². The van der Waals surface area contributed by atoms with E-state index in [1.807, 2.05) is 0 Å². The second-order valence-corrected chi connectivity index (χ2v) is 4.07. The summed E-state index contributed by atoms with van der Waals surface area (Å²) in [6, 6.07) is 0. The predicted molar refractivity (Wildman–Crippen MR) is 55.2 cm³/mol. The maximum Gasteiger partial charge on any atom is 0.153 e. The van der Waals surface area contributed by atoms with Crippen LogP contribution in [-0.2, 0) is 6.42 Å². The third-order valence-electron chi connectivity index (χ3n) is 2.97. The number of nitrogens with zero attached hydrogens (tertiary/aromatic N) is 3. The Balaban J connectivity index is 2.01. The van der Waals surface area contributed by atoms with E-state index in [-0.39, 0.29) is 0 Å². The molecule has 0 radical (unpaired) electrons. The van der Waals surface area contributed by atoms with E-state index in [1.54, 1.807) is 0 Å². The van der Waals surface area contributed by atoms with Crippen molar-refractivity contribution in [3.05, 3.63) is 11.6 Å². The van der Waals surface area contributed by atoms with Gasteiger partial charge >= 0.3 is 0 Å². The van der Waals surface area contributed by atoms with Crippen molar-refractivity contribution < 1.29 is 0 Å². The molecule has 4 heteroatoms. The second-order valence-electron chi connectivity index (χ2n) is 4.07. The van der Waals surface area contributed by atoms with E-state index in [0.29, 0.717) is 5.92 Å². The minimum atomic E-state index is 0.572. The van der Waals surface area contributed by atoms with Crippen LogP contribution < -0.4 is 0 Å². The molecule has 0 atom stereocenters. The number of aryl methyl sites for hydroxylation is 1. The maximum atomic E-state index is 4.49. The van der Waals surface area contributed by atoms with Crippen molar-refractivity contribution >= 4 is 0 Å². The molecule has 1 aromatic rings. The monoisotopic (exact) mass is 194 g/mol. The summed E-state index contributed by atoms with van der Waals surface area (Å²) in [4.78, 5) is 6.86. The van der Waals surface area contributed by atoms with Crippen LogP contribution >= 0.6 is 0 Å². The smallest absolute Gasteiger partial charge is 0.153 e. The fourth-order valence-corrected chi connectivity index (χ4v) is 1.92. The Hall–Kier alpha value is -0.900. The quantitative estimate of drug-likeness (QED) is 0.768. The first-order valence-corrected chi connectivity index (χ1v) is 5.39. The lowest BCUT2D eigenvalue weighted by molar-refractivity contribution is 0.251. The first-order valence-electron chi connectivity index (χ1n) is 5.39. The number of hydrogen-bond donors (Lipinski definition) is 1. The summed E-state index contributed by atoms with van der Waals surface area (Å²) in [5, 5.41) is 7.27. The van der Waals surface area contributed by atoms with E-state index in [2.05, 4.69) is 34.1 Å². The van der Waals surface area contributed by atoms with E-state index >= 15 is 0 Å². The molecule has 1 aliphatic rings. The van der Waals surface area contributed by atoms with Crippen molar-refractivity contribution in [2.24, 2.45) is 0 Å². The molecule has 4 nitrogen and oxygen atoms in total. The number of aromatic amines is 1. The molecule has 0 saturated carbocycles. The summed E-state index contributed by atoms with van der Waals surface area (Å²) in [6.07, 6.45) is 3.33. The Bertz CT molecular complexity index is 286. The summed E-state index contributed by atoms with van der Waals surface area (Å²) in [7, 11) is 2.17. The van der Waals surface area contributed by atoms with Crippen LogP contribution in [0.2, 0.25) is 0 Å². The Morgan fingerprint density at radius 2 is 2.14 bits per heavy atom. The first-order chi connectivity index (χ1) is 6.79. The predicted octanol–water partition coefficient (Wildman–Crippen LogP) is 1.18. The van der Waals surface area contributed by atoms with Gasteiger partial charge in [-0.2, -0.15) is 5.10 Å². The van der Waals surface area contributed by atoms with E-state index in [9.17, 15) is 0 Å². The van der Waals surface area contributed by atoms with E-state index in [4.69, 9.17) is 0 Å². The van der Waals surface area contributed by atoms with Gasteiger partial charge in [-0.1, -0.05) is 6.92 Å². The average molecular weight is 194 g/mol. The molecule has 0 spiro atoms. The van der Waals surface area contributed by atoms with Crippen molar-refractivity contribution in [1.82, 2.24) is 20.1 Å². The summed E-state index contributed by atoms with van der Waals surface area (Å²) in [5.41, 5.74) is 0. The maximum absolute atomic E-state index is 4.49. The molecule has 1 aliphatic heterocycles. The van der Waals surface area contributed by atoms with Gasteiger partial charge in [0.1, 0.15) is 5.82 Å². The molecule has 2 heterocycles. The third kappa shape index (κ3) is 1.95. The van der Waals surface area contributed by atoms with Crippen molar-refractivity contribution in [2.75, 3.05) is 20.1 Å². The molecular formula is C10H18N4. The SMILES string of the molecule is CCc1nc(C2CCN(C)CC2)n[nH]1. The molecule has 0 amide bonds. The normalized spacial score (nSPS) is 20.1. The van der Waals surface area contributed by atoms with E-state index in [0.717, 1.165) is 18.1 Å². The molecule has 2 rings (SSSR count). The van der Waals surface area contributed by atoms with Crippen LogP contribution in [0.5, 0.6) is 0 Å². The molecular weight excluding hydrogens is 176 g/mol. The van der Waals surface area contributed by atoms with Gasteiger partial charge in [0.15, 0.2) is 5.82 Å². The van der Waals surface area contributed by atoms with Crippen molar-refractivity contribution in [2.45, 2.75) is 32.1 Å². The standard InChI is InChI=1S/C10H18N4/c1-3-9-11-10(13-12-9)8-4-6-14(2)7-5-8/h8H,3-7H2,1-2H3,(H,11,12,13). The first kappa shape index (κ1) is 9.65. The zero-order valence-electron chi connectivity index (χ0n) is 8.95. The molecule has 1 aromatic heterocycles. The Morgan fingerprint density at radius 1 is 1.43 bits per heavy atom. The minimum absolute atomic E-state index is 0.572. The zero-order chi connectivity index (χ0) is 9.97. The van der Waals surface area contributed by atoms with Gasteiger partial charge in [-0.05, 0) is 33.0 Å². The summed E-state index contributed by atoms with van der Waals surface area (Å²) in [6.45, 7) is 4.43. The fraction of sp³-hybridized carbons (Fsp3) is 0.800. The van der Waals surface area contributed by atoms with Gasteiger partial charge < -0.3 is 4.90 Å². The van der Waals surface area contributed by atoms with Crippen molar-refractivity contribution in [3.8, 4) is 0 Å². The summed E-state index contributed by atoms with van der Waals surface area (Å²) in [5.74, 6) is 2.61. The third-order valence-corrected chi connectivity index (χ3v) is 2.97. The molecule has 0 aliphatic carbocycles. The molecule has 0 bridgehead atoms. The molecule has 14 heavy (non-hydrogen) atoms. The van der Waals surface area contributed by atoms with Crippen LogP contribution in [0.15, 0.2) is 0 Å². The lowest BCUT2D eigenvalue weighted by Gasteiger charge is -2.26. The largest absolute Gasteiger partial charge is 0.306 e. The number of piperidine rings is 1. The lowest BCUT2D eigenvalue weighted by Crippen LogP contribution is -2.29. The highest BCUT2D eigenvalue weighted by molar-refractivity contribution is 4.99. The summed E-state index contributed by atoms with van der Waals surface area (Å²) < 4.78 is 0. The van der Waals surface area contributed by atoms with Crippen molar-refractivity contribution in [3.63, 3.8) is 0 Å². The van der Waals surface area contributed by atoms with E-state index in [1.165, 1.54) is 25.9 Å². The highest BCUT2D eigenvalue weighted by Crippen LogP contribution is 2.24. The van der Waals surface area contributed by atoms with Gasteiger partial charge in [-0.3, -0.25) is 5.10 Å². The molecule has 0 unspecified atom stereocenters. The van der Waals surface area contributed by atoms with Crippen LogP contribution in [-0.4, -0.2) is 40.2 Å². The van der Waals surface area contributed by atoms with Gasteiger partial charge in [0.2, 0.25) is 0 Å².